The molecule has 0 aliphatic heterocycles. The van der Waals surface area contributed by atoms with E-state index in [1.807, 2.05) is 0 Å². The van der Waals surface area contributed by atoms with Crippen LogP contribution in [0.4, 0.5) is 10.8 Å². The Morgan fingerprint density at radius 2 is 2.47 bits per heavy atom. The van der Waals surface area contributed by atoms with Crippen LogP contribution in [0.1, 0.15) is 13.3 Å². The Hall–Kier alpha value is -0.850. The van der Waals surface area contributed by atoms with E-state index in [0.717, 1.165) is 5.00 Å². The molecule has 0 aliphatic rings. The summed E-state index contributed by atoms with van der Waals surface area (Å²) in [7, 11) is 1.62. The van der Waals surface area contributed by atoms with Gasteiger partial charge in [-0.15, -0.1) is 0 Å². The van der Waals surface area contributed by atoms with Gasteiger partial charge in [-0.1, -0.05) is 0 Å². The van der Waals surface area contributed by atoms with E-state index in [-0.39, 0.29) is 0 Å². The summed E-state index contributed by atoms with van der Waals surface area (Å²) in [5.74, 6) is 0.499. The minimum Gasteiger partial charge on any atom is -0.388 e. The van der Waals surface area contributed by atoms with Gasteiger partial charge in [0.05, 0.1) is 5.60 Å². The Bertz CT molecular complexity index is 301. The smallest absolute Gasteiger partial charge is 0.139 e. The summed E-state index contributed by atoms with van der Waals surface area (Å²) in [6, 6.07) is 1.75. The van der Waals surface area contributed by atoms with Crippen LogP contribution in [0.3, 0.4) is 0 Å². The van der Waals surface area contributed by atoms with E-state index < -0.39 is 5.60 Å². The quantitative estimate of drug-likeness (QED) is 0.678. The van der Waals surface area contributed by atoms with Crippen LogP contribution >= 0.6 is 11.5 Å². The van der Waals surface area contributed by atoms with Crippen molar-refractivity contribution in [1.82, 2.24) is 4.37 Å². The van der Waals surface area contributed by atoms with Crippen molar-refractivity contribution in [3.05, 3.63) is 6.07 Å². The van der Waals surface area contributed by atoms with Crippen molar-refractivity contribution in [2.45, 2.75) is 18.9 Å². The van der Waals surface area contributed by atoms with Crippen molar-refractivity contribution in [2.75, 3.05) is 31.3 Å². The van der Waals surface area contributed by atoms with Crippen LogP contribution in [0.15, 0.2) is 6.07 Å². The summed E-state index contributed by atoms with van der Waals surface area (Å²) in [4.78, 5) is 0. The minimum atomic E-state index is -0.783. The molecule has 0 radical (unpaired) electrons. The normalized spacial score (nSPS) is 14.9. The summed E-state index contributed by atoms with van der Waals surface area (Å²) in [6.07, 6.45) is 0.588. The summed E-state index contributed by atoms with van der Waals surface area (Å²) in [5, 5.41) is 13.9. The summed E-state index contributed by atoms with van der Waals surface area (Å²) in [5.41, 5.74) is 4.69. The van der Waals surface area contributed by atoms with Crippen molar-refractivity contribution in [2.24, 2.45) is 0 Å². The average molecular weight is 231 g/mol. The number of ether oxygens (including phenoxy) is 1. The fourth-order valence-electron chi connectivity index (χ4n) is 1.06. The predicted octanol–water partition coefficient (Wildman–Crippen LogP) is 0.925. The monoisotopic (exact) mass is 231 g/mol. The van der Waals surface area contributed by atoms with Gasteiger partial charge >= 0.3 is 0 Å². The number of anilines is 2. The van der Waals surface area contributed by atoms with Gasteiger partial charge < -0.3 is 20.9 Å². The van der Waals surface area contributed by atoms with E-state index in [4.69, 9.17) is 10.5 Å². The summed E-state index contributed by atoms with van der Waals surface area (Å²) in [6.45, 7) is 2.76. The van der Waals surface area contributed by atoms with Crippen molar-refractivity contribution >= 4 is 22.4 Å². The number of nitrogen functional groups attached to an aromatic ring is 1. The zero-order valence-electron chi connectivity index (χ0n) is 8.99. The van der Waals surface area contributed by atoms with E-state index in [1.54, 1.807) is 20.1 Å². The number of nitrogens with zero attached hydrogens (tertiary/aromatic N) is 1. The van der Waals surface area contributed by atoms with Crippen LogP contribution in [0, 0.1) is 0 Å². The van der Waals surface area contributed by atoms with Crippen LogP contribution in [0.2, 0.25) is 0 Å². The van der Waals surface area contributed by atoms with Crippen LogP contribution in [-0.2, 0) is 4.74 Å². The lowest BCUT2D eigenvalue weighted by Gasteiger charge is -2.23. The number of hydrogen-bond donors (Lipinski definition) is 3. The highest BCUT2D eigenvalue weighted by Crippen LogP contribution is 2.19. The Balaban J connectivity index is 2.35. The van der Waals surface area contributed by atoms with Gasteiger partial charge in [0.25, 0.3) is 0 Å². The van der Waals surface area contributed by atoms with Gasteiger partial charge in [0.1, 0.15) is 10.8 Å². The molecule has 0 fully saturated rings. The standard InChI is InChI=1S/C9H17N3O2S/c1-9(13,3-4-14-2)6-11-8-5-7(10)12-15-8/h5,11,13H,3-4,6H2,1-2H3,(H2,10,12). The molecule has 0 saturated heterocycles. The van der Waals surface area contributed by atoms with Gasteiger partial charge in [-0.2, -0.15) is 4.37 Å². The molecule has 0 saturated carbocycles. The van der Waals surface area contributed by atoms with E-state index in [2.05, 4.69) is 9.69 Å². The topological polar surface area (TPSA) is 80.4 Å². The molecule has 6 heteroatoms. The zero-order valence-corrected chi connectivity index (χ0v) is 9.80. The molecule has 0 amide bonds. The molecule has 1 aromatic rings. The van der Waals surface area contributed by atoms with Gasteiger partial charge in [0, 0.05) is 32.7 Å². The molecule has 0 aromatic carbocycles. The molecule has 0 bridgehead atoms. The third kappa shape index (κ3) is 4.46. The molecule has 1 heterocycles. The van der Waals surface area contributed by atoms with Crippen molar-refractivity contribution in [1.29, 1.82) is 0 Å². The average Bonchev–Trinajstić information content (AvgIpc) is 2.59. The summed E-state index contributed by atoms with van der Waals surface area (Å²) < 4.78 is 8.85. The maximum atomic E-state index is 9.92. The zero-order chi connectivity index (χ0) is 11.3. The number of aliphatic hydroxyl groups is 1. The lowest BCUT2D eigenvalue weighted by molar-refractivity contribution is 0.0358. The highest BCUT2D eigenvalue weighted by atomic mass is 32.1. The largest absolute Gasteiger partial charge is 0.388 e. The van der Waals surface area contributed by atoms with E-state index in [9.17, 15) is 5.11 Å². The molecule has 0 spiro atoms. The number of nitrogens with one attached hydrogen (secondary N) is 1. The molecule has 1 atom stereocenters. The van der Waals surface area contributed by atoms with E-state index >= 15 is 0 Å². The Labute approximate surface area is 93.4 Å². The van der Waals surface area contributed by atoms with Crippen LogP contribution in [0.25, 0.3) is 0 Å². The van der Waals surface area contributed by atoms with Crippen molar-refractivity contribution in [3.8, 4) is 0 Å². The lowest BCUT2D eigenvalue weighted by Crippen LogP contribution is -2.34. The molecule has 0 aliphatic carbocycles. The Kier molecular flexibility index (Phi) is 4.31. The fraction of sp³-hybridized carbons (Fsp3) is 0.667. The van der Waals surface area contributed by atoms with Crippen LogP contribution < -0.4 is 11.1 Å². The first kappa shape index (κ1) is 12.2. The number of hydrogen-bond acceptors (Lipinski definition) is 6. The van der Waals surface area contributed by atoms with Crippen molar-refractivity contribution < 1.29 is 9.84 Å². The highest BCUT2D eigenvalue weighted by Gasteiger charge is 2.19. The van der Waals surface area contributed by atoms with Gasteiger partial charge in [-0.3, -0.25) is 0 Å². The van der Waals surface area contributed by atoms with Crippen LogP contribution in [-0.4, -0.2) is 35.3 Å². The van der Waals surface area contributed by atoms with Gasteiger partial charge in [0.2, 0.25) is 0 Å². The number of methoxy groups -OCH3 is 1. The molecule has 1 unspecified atom stereocenters. The molecule has 86 valence electrons. The van der Waals surface area contributed by atoms with Gasteiger partial charge in [-0.25, -0.2) is 0 Å². The first-order valence-electron chi connectivity index (χ1n) is 4.71. The Morgan fingerprint density at radius 1 is 1.73 bits per heavy atom. The fourth-order valence-corrected chi connectivity index (χ4v) is 1.63. The summed E-state index contributed by atoms with van der Waals surface area (Å²) >= 11 is 1.29. The third-order valence-electron chi connectivity index (χ3n) is 2.02. The maximum Gasteiger partial charge on any atom is 0.139 e. The first-order chi connectivity index (χ1) is 7.03. The van der Waals surface area contributed by atoms with E-state index in [1.165, 1.54) is 11.5 Å². The van der Waals surface area contributed by atoms with E-state index in [0.29, 0.717) is 25.4 Å². The second kappa shape index (κ2) is 5.29. The SMILES string of the molecule is COCCC(C)(O)CNc1cc(N)ns1. The first-order valence-corrected chi connectivity index (χ1v) is 5.48. The third-order valence-corrected chi connectivity index (χ3v) is 2.78. The number of aromatic nitrogens is 1. The van der Waals surface area contributed by atoms with Crippen LogP contribution in [0.5, 0.6) is 0 Å². The minimum absolute atomic E-state index is 0.456. The number of nitrogens with two attached hydrogens (primary N) is 1. The maximum absolute atomic E-state index is 9.92. The van der Waals surface area contributed by atoms with Gasteiger partial charge in [0.15, 0.2) is 0 Å². The molecule has 4 N–H and O–H groups in total. The molecule has 1 rings (SSSR count). The predicted molar refractivity (Wildman–Crippen MR) is 62.1 cm³/mol. The molecular weight excluding hydrogens is 214 g/mol. The molecule has 15 heavy (non-hydrogen) atoms. The molecular formula is C9H17N3O2S. The molecule has 5 nitrogen and oxygen atoms in total. The number of rotatable bonds is 6. The highest BCUT2D eigenvalue weighted by molar-refractivity contribution is 7.10. The Morgan fingerprint density at radius 3 is 3.00 bits per heavy atom. The second-order valence-corrected chi connectivity index (χ2v) is 4.51. The lowest BCUT2D eigenvalue weighted by atomic mass is 10.0. The molecule has 1 aromatic heterocycles. The second-order valence-electron chi connectivity index (χ2n) is 3.71. The van der Waals surface area contributed by atoms with Gasteiger partial charge in [-0.05, 0) is 18.5 Å². The van der Waals surface area contributed by atoms with Crippen molar-refractivity contribution in [3.63, 3.8) is 0 Å².